The molecule has 0 aliphatic rings. The summed E-state index contributed by atoms with van der Waals surface area (Å²) in [4.78, 5) is 7.25. The zero-order valence-electron chi connectivity index (χ0n) is 25.0. The number of aromatic nitrogens is 1. The Balaban J connectivity index is 1.20. The third-order valence-corrected chi connectivity index (χ3v) is 8.86. The number of hydrogen-bond acceptors (Lipinski definition) is 3. The lowest BCUT2D eigenvalue weighted by molar-refractivity contribution is 0.672. The second kappa shape index (κ2) is 10.8. The lowest BCUT2D eigenvalue weighted by Crippen LogP contribution is -2.10. The molecule has 9 aromatic rings. The SMILES string of the molecule is c1ccc(-c2ccc(N(c3cccc(-c4ccc5ccccc5c4)c3)c3cnc4c(c3)oc3c5ccccc5ccc43)cc2)cc1. The minimum absolute atomic E-state index is 0.764. The minimum Gasteiger partial charge on any atom is -0.454 e. The molecule has 0 unspecified atom stereocenters. The minimum atomic E-state index is 0.764. The summed E-state index contributed by atoms with van der Waals surface area (Å²) in [5, 5.41) is 5.74. The van der Waals surface area contributed by atoms with Crippen LogP contribution in [0.15, 0.2) is 174 Å². The van der Waals surface area contributed by atoms with Crippen LogP contribution >= 0.6 is 0 Å². The van der Waals surface area contributed by atoms with Crippen LogP contribution in [-0.4, -0.2) is 4.98 Å². The van der Waals surface area contributed by atoms with Crippen LogP contribution in [0.4, 0.5) is 17.1 Å². The van der Waals surface area contributed by atoms with Crippen molar-refractivity contribution in [1.29, 1.82) is 0 Å². The fourth-order valence-electron chi connectivity index (χ4n) is 6.56. The molecular weight excluding hydrogens is 560 g/mol. The second-order valence-corrected chi connectivity index (χ2v) is 11.7. The van der Waals surface area contributed by atoms with E-state index in [4.69, 9.17) is 9.40 Å². The van der Waals surface area contributed by atoms with Crippen molar-refractivity contribution >= 4 is 60.7 Å². The van der Waals surface area contributed by atoms with Gasteiger partial charge < -0.3 is 9.32 Å². The number of pyridine rings is 1. The number of fused-ring (bicyclic) bond motifs is 6. The van der Waals surface area contributed by atoms with E-state index in [9.17, 15) is 0 Å². The van der Waals surface area contributed by atoms with Crippen LogP contribution in [0.5, 0.6) is 0 Å². The van der Waals surface area contributed by atoms with E-state index in [-0.39, 0.29) is 0 Å². The van der Waals surface area contributed by atoms with Crippen LogP contribution in [0, 0.1) is 0 Å². The third-order valence-electron chi connectivity index (χ3n) is 8.86. The van der Waals surface area contributed by atoms with Crippen LogP contribution in [0.1, 0.15) is 0 Å². The quantitative estimate of drug-likeness (QED) is 0.200. The summed E-state index contributed by atoms with van der Waals surface area (Å²) in [6.07, 6.45) is 1.96. The molecule has 0 saturated carbocycles. The van der Waals surface area contributed by atoms with Crippen molar-refractivity contribution in [2.45, 2.75) is 0 Å². The summed E-state index contributed by atoms with van der Waals surface area (Å²) in [6.45, 7) is 0. The summed E-state index contributed by atoms with van der Waals surface area (Å²) in [6, 6.07) is 57.8. The molecule has 0 amide bonds. The molecular formula is C43H28N2O. The van der Waals surface area contributed by atoms with Gasteiger partial charge >= 0.3 is 0 Å². The number of anilines is 3. The van der Waals surface area contributed by atoms with Crippen LogP contribution in [0.2, 0.25) is 0 Å². The summed E-state index contributed by atoms with van der Waals surface area (Å²) < 4.78 is 6.55. The molecule has 7 aromatic carbocycles. The Morgan fingerprint density at radius 1 is 0.413 bits per heavy atom. The van der Waals surface area contributed by atoms with Crippen LogP contribution in [0.25, 0.3) is 65.9 Å². The van der Waals surface area contributed by atoms with E-state index >= 15 is 0 Å². The third kappa shape index (κ3) is 4.49. The van der Waals surface area contributed by atoms with Gasteiger partial charge in [-0.1, -0.05) is 121 Å². The monoisotopic (exact) mass is 588 g/mol. The van der Waals surface area contributed by atoms with Gasteiger partial charge in [-0.2, -0.15) is 0 Å². The number of hydrogen-bond donors (Lipinski definition) is 0. The van der Waals surface area contributed by atoms with Gasteiger partial charge in [0.1, 0.15) is 11.1 Å². The van der Waals surface area contributed by atoms with Crippen molar-refractivity contribution in [3.63, 3.8) is 0 Å². The predicted molar refractivity (Wildman–Crippen MR) is 192 cm³/mol. The fraction of sp³-hybridized carbons (Fsp3) is 0. The Morgan fingerprint density at radius 2 is 1.09 bits per heavy atom. The molecule has 3 heteroatoms. The second-order valence-electron chi connectivity index (χ2n) is 11.7. The van der Waals surface area contributed by atoms with Crippen molar-refractivity contribution in [2.24, 2.45) is 0 Å². The maximum absolute atomic E-state index is 6.55. The predicted octanol–water partition coefficient (Wildman–Crippen LogP) is 12.1. The van der Waals surface area contributed by atoms with Crippen molar-refractivity contribution in [3.05, 3.63) is 170 Å². The first kappa shape index (κ1) is 26.2. The van der Waals surface area contributed by atoms with E-state index in [1.54, 1.807) is 0 Å². The number of furan rings is 1. The summed E-state index contributed by atoms with van der Waals surface area (Å²) in [5.41, 5.74) is 10.2. The number of rotatable bonds is 5. The molecule has 9 rings (SSSR count). The molecule has 46 heavy (non-hydrogen) atoms. The van der Waals surface area contributed by atoms with E-state index in [1.165, 1.54) is 27.5 Å². The smallest absolute Gasteiger partial charge is 0.155 e. The van der Waals surface area contributed by atoms with E-state index in [1.807, 2.05) is 12.3 Å². The average molecular weight is 589 g/mol. The van der Waals surface area contributed by atoms with Gasteiger partial charge in [0.2, 0.25) is 0 Å². The number of nitrogens with zero attached hydrogens (tertiary/aromatic N) is 2. The van der Waals surface area contributed by atoms with Gasteiger partial charge in [0.05, 0.1) is 11.9 Å². The maximum atomic E-state index is 6.55. The molecule has 0 fully saturated rings. The summed E-state index contributed by atoms with van der Waals surface area (Å²) in [7, 11) is 0. The standard InChI is InChI=1S/C43H28N2O/c1-2-9-29(10-3-1)31-19-22-36(23-20-31)45(37-15-8-14-34(26-37)35-18-17-30-11-4-5-13-33(30)25-35)38-27-41-42(44-28-38)40-24-21-32-12-6-7-16-39(32)43(40)46-41/h1-28H. The Kier molecular flexibility index (Phi) is 6.14. The van der Waals surface area contributed by atoms with Crippen molar-refractivity contribution < 1.29 is 4.42 Å². The van der Waals surface area contributed by atoms with E-state index in [2.05, 4.69) is 163 Å². The molecule has 0 bridgehead atoms. The van der Waals surface area contributed by atoms with Gasteiger partial charge in [-0.05, 0) is 74.8 Å². The van der Waals surface area contributed by atoms with E-state index in [0.29, 0.717) is 0 Å². The molecule has 0 spiro atoms. The van der Waals surface area contributed by atoms with Gasteiger partial charge in [-0.15, -0.1) is 0 Å². The highest BCUT2D eigenvalue weighted by Gasteiger charge is 2.18. The summed E-state index contributed by atoms with van der Waals surface area (Å²) in [5.74, 6) is 0. The maximum Gasteiger partial charge on any atom is 0.155 e. The van der Waals surface area contributed by atoms with Crippen LogP contribution in [-0.2, 0) is 0 Å². The first-order valence-electron chi connectivity index (χ1n) is 15.5. The van der Waals surface area contributed by atoms with E-state index in [0.717, 1.165) is 55.5 Å². The van der Waals surface area contributed by atoms with Gasteiger partial charge in [-0.3, -0.25) is 0 Å². The highest BCUT2D eigenvalue weighted by atomic mass is 16.3. The van der Waals surface area contributed by atoms with Crippen molar-refractivity contribution in [3.8, 4) is 22.3 Å². The van der Waals surface area contributed by atoms with Gasteiger partial charge in [0.15, 0.2) is 5.58 Å². The highest BCUT2D eigenvalue weighted by molar-refractivity contribution is 6.14. The molecule has 3 nitrogen and oxygen atoms in total. The molecule has 2 heterocycles. The molecule has 0 saturated heterocycles. The Labute approximate surface area is 266 Å². The topological polar surface area (TPSA) is 29.3 Å². The number of benzene rings is 7. The summed E-state index contributed by atoms with van der Waals surface area (Å²) >= 11 is 0. The van der Waals surface area contributed by atoms with Crippen LogP contribution < -0.4 is 4.90 Å². The van der Waals surface area contributed by atoms with E-state index < -0.39 is 0 Å². The molecule has 0 N–H and O–H groups in total. The van der Waals surface area contributed by atoms with Gasteiger partial charge in [0.25, 0.3) is 0 Å². The van der Waals surface area contributed by atoms with Gasteiger partial charge in [0, 0.05) is 28.2 Å². The Morgan fingerprint density at radius 3 is 1.96 bits per heavy atom. The Bertz CT molecular complexity index is 2530. The molecule has 0 aliphatic carbocycles. The normalized spacial score (nSPS) is 11.5. The highest BCUT2D eigenvalue weighted by Crippen LogP contribution is 2.40. The fourth-order valence-corrected chi connectivity index (χ4v) is 6.56. The lowest BCUT2D eigenvalue weighted by Gasteiger charge is -2.26. The zero-order chi connectivity index (χ0) is 30.5. The average Bonchev–Trinajstić information content (AvgIpc) is 3.51. The van der Waals surface area contributed by atoms with Gasteiger partial charge in [-0.25, -0.2) is 4.98 Å². The molecule has 0 atom stereocenters. The molecule has 0 aliphatic heterocycles. The zero-order valence-corrected chi connectivity index (χ0v) is 25.0. The Hall–Kier alpha value is -6.19. The molecule has 216 valence electrons. The first-order valence-corrected chi connectivity index (χ1v) is 15.5. The lowest BCUT2D eigenvalue weighted by atomic mass is 10.0. The largest absolute Gasteiger partial charge is 0.454 e. The van der Waals surface area contributed by atoms with Crippen molar-refractivity contribution in [2.75, 3.05) is 4.90 Å². The molecule has 0 radical (unpaired) electrons. The first-order chi connectivity index (χ1) is 22.8. The van der Waals surface area contributed by atoms with Crippen molar-refractivity contribution in [1.82, 2.24) is 4.98 Å². The molecule has 2 aromatic heterocycles. The van der Waals surface area contributed by atoms with Crippen LogP contribution in [0.3, 0.4) is 0 Å².